The van der Waals surface area contributed by atoms with Crippen LogP contribution >= 0.6 is 0 Å². The van der Waals surface area contributed by atoms with Gasteiger partial charge in [0.05, 0.1) is 11.2 Å². The van der Waals surface area contributed by atoms with E-state index >= 15 is 0 Å². The van der Waals surface area contributed by atoms with Gasteiger partial charge in [-0.15, -0.1) is 0 Å². The molecule has 0 aromatic rings. The zero-order chi connectivity index (χ0) is 11.7. The highest BCUT2D eigenvalue weighted by atomic mass is 16.7. The Morgan fingerprint density at radius 1 is 1.20 bits per heavy atom. The smallest absolute Gasteiger partial charge is 0.400 e. The third-order valence-electron chi connectivity index (χ3n) is 3.03. The SMILES string of the molecule is C=C(C)C/C=C/B1OC(C)(C)C(C)(C)O1. The monoisotopic (exact) mass is 208 g/mol. The van der Waals surface area contributed by atoms with Crippen molar-refractivity contribution in [1.82, 2.24) is 0 Å². The Morgan fingerprint density at radius 3 is 2.07 bits per heavy atom. The first-order valence-corrected chi connectivity index (χ1v) is 5.41. The van der Waals surface area contributed by atoms with Crippen LogP contribution in [0.3, 0.4) is 0 Å². The molecule has 1 fully saturated rings. The average molecular weight is 208 g/mol. The van der Waals surface area contributed by atoms with Crippen LogP contribution in [0.25, 0.3) is 0 Å². The Bertz CT molecular complexity index is 263. The second-order valence-corrected chi connectivity index (χ2v) is 5.21. The number of hydrogen-bond acceptors (Lipinski definition) is 2. The maximum Gasteiger partial charge on any atom is 0.486 e. The summed E-state index contributed by atoms with van der Waals surface area (Å²) < 4.78 is 11.6. The normalized spacial score (nSPS) is 23.7. The Kier molecular flexibility index (Phi) is 3.46. The molecule has 1 aliphatic rings. The fourth-order valence-corrected chi connectivity index (χ4v) is 1.35. The number of rotatable bonds is 3. The number of allylic oxidation sites excluding steroid dienone is 2. The molecule has 3 heteroatoms. The molecule has 1 heterocycles. The lowest BCUT2D eigenvalue weighted by atomic mass is 9.89. The molecule has 0 aromatic heterocycles. The van der Waals surface area contributed by atoms with Gasteiger partial charge in [-0.05, 0) is 41.0 Å². The molecule has 2 nitrogen and oxygen atoms in total. The maximum absolute atomic E-state index is 5.81. The number of hydrogen-bond donors (Lipinski definition) is 0. The van der Waals surface area contributed by atoms with Crippen molar-refractivity contribution in [3.63, 3.8) is 0 Å². The molecule has 1 saturated heterocycles. The first kappa shape index (κ1) is 12.5. The molecule has 0 atom stereocenters. The van der Waals surface area contributed by atoms with Crippen molar-refractivity contribution in [2.75, 3.05) is 0 Å². The Hall–Kier alpha value is -0.535. The second-order valence-electron chi connectivity index (χ2n) is 5.21. The zero-order valence-electron chi connectivity index (χ0n) is 10.5. The van der Waals surface area contributed by atoms with Crippen LogP contribution in [-0.4, -0.2) is 18.3 Å². The van der Waals surface area contributed by atoms with Crippen molar-refractivity contribution in [1.29, 1.82) is 0 Å². The lowest BCUT2D eigenvalue weighted by molar-refractivity contribution is 0.00578. The van der Waals surface area contributed by atoms with E-state index in [2.05, 4.69) is 34.3 Å². The van der Waals surface area contributed by atoms with Crippen LogP contribution in [0.5, 0.6) is 0 Å². The lowest BCUT2D eigenvalue weighted by Crippen LogP contribution is -2.41. The molecular weight excluding hydrogens is 187 g/mol. The van der Waals surface area contributed by atoms with Crippen LogP contribution in [0, 0.1) is 0 Å². The van der Waals surface area contributed by atoms with Gasteiger partial charge in [-0.3, -0.25) is 0 Å². The van der Waals surface area contributed by atoms with Gasteiger partial charge in [-0.1, -0.05) is 24.2 Å². The minimum atomic E-state index is -0.245. The van der Waals surface area contributed by atoms with Gasteiger partial charge in [0.15, 0.2) is 0 Å². The molecule has 1 aliphatic heterocycles. The highest BCUT2D eigenvalue weighted by Gasteiger charge is 2.49. The van der Waals surface area contributed by atoms with E-state index in [-0.39, 0.29) is 18.3 Å². The summed E-state index contributed by atoms with van der Waals surface area (Å²) in [6.07, 6.45) is 2.93. The molecule has 0 saturated carbocycles. The molecular formula is C12H21BO2. The van der Waals surface area contributed by atoms with Crippen LogP contribution in [0.1, 0.15) is 41.0 Å². The summed E-state index contributed by atoms with van der Waals surface area (Å²) in [4.78, 5) is 0. The lowest BCUT2D eigenvalue weighted by Gasteiger charge is -2.32. The van der Waals surface area contributed by atoms with Crippen molar-refractivity contribution in [2.24, 2.45) is 0 Å². The van der Waals surface area contributed by atoms with Gasteiger partial charge >= 0.3 is 7.12 Å². The van der Waals surface area contributed by atoms with E-state index in [9.17, 15) is 0 Å². The molecule has 15 heavy (non-hydrogen) atoms. The zero-order valence-corrected chi connectivity index (χ0v) is 10.5. The van der Waals surface area contributed by atoms with Crippen molar-refractivity contribution < 1.29 is 9.31 Å². The topological polar surface area (TPSA) is 18.5 Å². The molecule has 0 aromatic carbocycles. The van der Waals surface area contributed by atoms with E-state index in [1.807, 2.05) is 19.0 Å². The van der Waals surface area contributed by atoms with Gasteiger partial charge in [0.2, 0.25) is 0 Å². The van der Waals surface area contributed by atoms with E-state index in [1.165, 1.54) is 0 Å². The first-order chi connectivity index (χ1) is 6.74. The van der Waals surface area contributed by atoms with Crippen LogP contribution in [-0.2, 0) is 9.31 Å². The molecule has 84 valence electrons. The van der Waals surface area contributed by atoms with E-state index in [0.717, 1.165) is 12.0 Å². The molecule has 0 radical (unpaired) electrons. The Balaban J connectivity index is 2.56. The van der Waals surface area contributed by atoms with E-state index in [1.54, 1.807) is 0 Å². The standard InChI is InChI=1S/C12H21BO2/c1-10(2)8-7-9-13-14-11(3,4)12(5,6)15-13/h7,9H,1,8H2,2-6H3/b9-7+. The maximum atomic E-state index is 5.81. The molecule has 0 aliphatic carbocycles. The van der Waals surface area contributed by atoms with Gasteiger partial charge < -0.3 is 9.31 Å². The summed E-state index contributed by atoms with van der Waals surface area (Å²) in [5, 5.41) is 0. The van der Waals surface area contributed by atoms with Crippen molar-refractivity contribution in [3.05, 3.63) is 24.2 Å². The average Bonchev–Trinajstić information content (AvgIpc) is 2.19. The third kappa shape index (κ3) is 2.96. The largest absolute Gasteiger partial charge is 0.486 e. The van der Waals surface area contributed by atoms with E-state index in [0.29, 0.717) is 0 Å². The van der Waals surface area contributed by atoms with Gasteiger partial charge in [0.1, 0.15) is 0 Å². The van der Waals surface area contributed by atoms with Crippen molar-refractivity contribution >= 4 is 7.12 Å². The highest BCUT2D eigenvalue weighted by molar-refractivity contribution is 6.51. The van der Waals surface area contributed by atoms with Crippen LogP contribution in [0.2, 0.25) is 0 Å². The van der Waals surface area contributed by atoms with Gasteiger partial charge in [-0.2, -0.15) is 0 Å². The molecule has 0 bridgehead atoms. The second kappa shape index (κ2) is 4.15. The first-order valence-electron chi connectivity index (χ1n) is 5.41. The van der Waals surface area contributed by atoms with Crippen LogP contribution in [0.4, 0.5) is 0 Å². The molecule has 1 rings (SSSR count). The fraction of sp³-hybridized carbons (Fsp3) is 0.667. The highest BCUT2D eigenvalue weighted by Crippen LogP contribution is 2.36. The third-order valence-corrected chi connectivity index (χ3v) is 3.03. The van der Waals surface area contributed by atoms with Gasteiger partial charge in [0, 0.05) is 0 Å². The summed E-state index contributed by atoms with van der Waals surface area (Å²) in [6, 6.07) is 0. The Morgan fingerprint density at radius 2 is 1.67 bits per heavy atom. The van der Waals surface area contributed by atoms with Crippen molar-refractivity contribution in [2.45, 2.75) is 52.2 Å². The van der Waals surface area contributed by atoms with Crippen LogP contribution in [0.15, 0.2) is 24.2 Å². The van der Waals surface area contributed by atoms with Gasteiger partial charge in [-0.25, -0.2) is 0 Å². The summed E-state index contributed by atoms with van der Waals surface area (Å²) in [7, 11) is -0.227. The summed E-state index contributed by atoms with van der Waals surface area (Å²) in [6.45, 7) is 14.1. The quantitative estimate of drug-likeness (QED) is 0.524. The molecule has 0 spiro atoms. The summed E-state index contributed by atoms with van der Waals surface area (Å²) in [5.41, 5.74) is 0.652. The molecule has 0 unspecified atom stereocenters. The summed E-state index contributed by atoms with van der Waals surface area (Å²) in [5.74, 6) is 1.96. The fourth-order valence-electron chi connectivity index (χ4n) is 1.35. The van der Waals surface area contributed by atoms with Gasteiger partial charge in [0.25, 0.3) is 0 Å². The predicted octanol–water partition coefficient (Wildman–Crippen LogP) is 3.14. The van der Waals surface area contributed by atoms with Crippen molar-refractivity contribution in [3.8, 4) is 0 Å². The van der Waals surface area contributed by atoms with E-state index in [4.69, 9.17) is 9.31 Å². The van der Waals surface area contributed by atoms with Crippen LogP contribution < -0.4 is 0 Å². The van der Waals surface area contributed by atoms with E-state index < -0.39 is 0 Å². The summed E-state index contributed by atoms with van der Waals surface area (Å²) >= 11 is 0. The molecule has 0 amide bonds. The Labute approximate surface area is 93.5 Å². The minimum Gasteiger partial charge on any atom is -0.400 e. The predicted molar refractivity (Wildman–Crippen MR) is 64.7 cm³/mol. The molecule has 0 N–H and O–H groups in total. The minimum absolute atomic E-state index is 0.227.